The molecular weight excluding hydrogens is 230 g/mol. The summed E-state index contributed by atoms with van der Waals surface area (Å²) in [6.45, 7) is 4.12. The molecule has 2 heterocycles. The highest BCUT2D eigenvalue weighted by atomic mass is 16.5. The third kappa shape index (κ3) is 4.25. The van der Waals surface area contributed by atoms with E-state index in [9.17, 15) is 4.79 Å². The Morgan fingerprint density at radius 2 is 1.94 bits per heavy atom. The molecule has 2 aliphatic rings. The summed E-state index contributed by atoms with van der Waals surface area (Å²) < 4.78 is 5.51. The lowest BCUT2D eigenvalue weighted by atomic mass is 9.90. The molecule has 1 unspecified atom stereocenters. The fourth-order valence-corrected chi connectivity index (χ4v) is 3.19. The van der Waals surface area contributed by atoms with Crippen molar-refractivity contribution in [2.75, 3.05) is 26.3 Å². The van der Waals surface area contributed by atoms with E-state index in [-0.39, 0.29) is 0 Å². The van der Waals surface area contributed by atoms with Crippen LogP contribution < -0.4 is 0 Å². The van der Waals surface area contributed by atoms with Crippen molar-refractivity contribution in [3.63, 3.8) is 0 Å². The number of hydrogen-bond acceptors (Lipinski definition) is 3. The summed E-state index contributed by atoms with van der Waals surface area (Å²) in [5, 5.41) is 8.71. The maximum Gasteiger partial charge on any atom is 0.303 e. The molecule has 0 bridgehead atoms. The molecule has 18 heavy (non-hydrogen) atoms. The Kier molecular flexibility index (Phi) is 5.45. The first-order chi connectivity index (χ1) is 8.75. The molecule has 2 saturated heterocycles. The minimum absolute atomic E-state index is 0.335. The van der Waals surface area contributed by atoms with Gasteiger partial charge in [-0.2, -0.15) is 0 Å². The molecule has 4 nitrogen and oxygen atoms in total. The average molecular weight is 255 g/mol. The van der Waals surface area contributed by atoms with Crippen LogP contribution in [0.15, 0.2) is 0 Å². The molecule has 0 radical (unpaired) electrons. The minimum Gasteiger partial charge on any atom is -0.481 e. The quantitative estimate of drug-likeness (QED) is 0.836. The Labute approximate surface area is 109 Å². The number of ether oxygens (including phenoxy) is 1. The third-order valence-electron chi connectivity index (χ3n) is 4.35. The van der Waals surface area contributed by atoms with Crippen LogP contribution >= 0.6 is 0 Å². The molecule has 0 aromatic rings. The largest absolute Gasteiger partial charge is 0.481 e. The molecule has 0 amide bonds. The average Bonchev–Trinajstić information content (AvgIpc) is 2.66. The van der Waals surface area contributed by atoms with Crippen LogP contribution in [0.4, 0.5) is 0 Å². The van der Waals surface area contributed by atoms with Crippen molar-refractivity contribution in [2.45, 2.75) is 51.0 Å². The van der Waals surface area contributed by atoms with Crippen LogP contribution in [0.5, 0.6) is 0 Å². The first kappa shape index (κ1) is 13.8. The Bertz CT molecular complexity index is 254. The van der Waals surface area contributed by atoms with Gasteiger partial charge in [-0.1, -0.05) is 0 Å². The number of carbonyl (C=O) groups is 1. The van der Waals surface area contributed by atoms with Gasteiger partial charge in [0, 0.05) is 25.7 Å². The first-order valence-corrected chi connectivity index (χ1v) is 7.29. The van der Waals surface area contributed by atoms with Crippen molar-refractivity contribution in [3.05, 3.63) is 0 Å². The van der Waals surface area contributed by atoms with Gasteiger partial charge >= 0.3 is 5.97 Å². The normalized spacial score (nSPS) is 27.9. The summed E-state index contributed by atoms with van der Waals surface area (Å²) in [5.41, 5.74) is 0. The van der Waals surface area contributed by atoms with Gasteiger partial charge in [0.1, 0.15) is 0 Å². The number of likely N-dealkylation sites (tertiary alicyclic amines) is 1. The Hall–Kier alpha value is -0.610. The van der Waals surface area contributed by atoms with Crippen molar-refractivity contribution in [1.82, 2.24) is 4.90 Å². The Morgan fingerprint density at radius 3 is 2.67 bits per heavy atom. The van der Waals surface area contributed by atoms with Crippen molar-refractivity contribution in [2.24, 2.45) is 5.92 Å². The molecule has 0 aromatic heterocycles. The number of carboxylic acid groups (broad SMARTS) is 1. The highest BCUT2D eigenvalue weighted by Crippen LogP contribution is 2.26. The van der Waals surface area contributed by atoms with E-state index in [1.165, 1.54) is 32.1 Å². The Balaban J connectivity index is 1.70. The fraction of sp³-hybridized carbons (Fsp3) is 0.929. The molecule has 1 N–H and O–H groups in total. The summed E-state index contributed by atoms with van der Waals surface area (Å²) in [5.74, 6) is -0.0299. The van der Waals surface area contributed by atoms with Crippen molar-refractivity contribution >= 4 is 5.97 Å². The topological polar surface area (TPSA) is 49.8 Å². The molecule has 0 saturated carbocycles. The maximum atomic E-state index is 10.6. The van der Waals surface area contributed by atoms with E-state index in [2.05, 4.69) is 4.90 Å². The molecule has 0 spiro atoms. The number of hydrogen-bond donors (Lipinski definition) is 1. The van der Waals surface area contributed by atoms with Gasteiger partial charge in [-0.15, -0.1) is 0 Å². The molecule has 0 aromatic carbocycles. The monoisotopic (exact) mass is 255 g/mol. The van der Waals surface area contributed by atoms with E-state index in [1.54, 1.807) is 0 Å². The van der Waals surface area contributed by atoms with E-state index in [4.69, 9.17) is 9.84 Å². The summed E-state index contributed by atoms with van der Waals surface area (Å²) in [4.78, 5) is 13.2. The van der Waals surface area contributed by atoms with Crippen molar-refractivity contribution in [3.8, 4) is 0 Å². The predicted octanol–water partition coefficient (Wildman–Crippen LogP) is 2.13. The zero-order chi connectivity index (χ0) is 12.8. The highest BCUT2D eigenvalue weighted by Gasteiger charge is 2.25. The predicted molar refractivity (Wildman–Crippen MR) is 69.6 cm³/mol. The molecule has 1 atom stereocenters. The lowest BCUT2D eigenvalue weighted by Gasteiger charge is -2.37. The number of carboxylic acids is 1. The van der Waals surface area contributed by atoms with Crippen LogP contribution in [-0.4, -0.2) is 48.3 Å². The molecule has 104 valence electrons. The van der Waals surface area contributed by atoms with Gasteiger partial charge in [0.15, 0.2) is 0 Å². The zero-order valence-electron chi connectivity index (χ0n) is 11.1. The lowest BCUT2D eigenvalue weighted by molar-refractivity contribution is -0.137. The summed E-state index contributed by atoms with van der Waals surface area (Å²) in [6, 6.07) is 0.702. The van der Waals surface area contributed by atoms with Crippen molar-refractivity contribution < 1.29 is 14.6 Å². The Morgan fingerprint density at radius 1 is 1.17 bits per heavy atom. The van der Waals surface area contributed by atoms with E-state index in [0.29, 0.717) is 18.4 Å². The van der Waals surface area contributed by atoms with Crippen LogP contribution in [0.3, 0.4) is 0 Å². The van der Waals surface area contributed by atoms with Crippen LogP contribution in [0, 0.1) is 5.92 Å². The molecule has 2 aliphatic heterocycles. The number of nitrogens with zero attached hydrogens (tertiary/aromatic N) is 1. The molecule has 4 heteroatoms. The minimum atomic E-state index is -0.654. The van der Waals surface area contributed by atoms with Gasteiger partial charge in [-0.25, -0.2) is 0 Å². The number of piperidine rings is 1. The first-order valence-electron chi connectivity index (χ1n) is 7.29. The van der Waals surface area contributed by atoms with Gasteiger partial charge < -0.3 is 14.7 Å². The van der Waals surface area contributed by atoms with Gasteiger partial charge in [0.05, 0.1) is 0 Å². The second-order valence-corrected chi connectivity index (χ2v) is 5.61. The molecule has 0 aliphatic carbocycles. The smallest absolute Gasteiger partial charge is 0.303 e. The summed E-state index contributed by atoms with van der Waals surface area (Å²) in [7, 11) is 0. The van der Waals surface area contributed by atoms with Gasteiger partial charge in [-0.3, -0.25) is 4.79 Å². The zero-order valence-corrected chi connectivity index (χ0v) is 11.1. The molecule has 2 rings (SSSR count). The summed E-state index contributed by atoms with van der Waals surface area (Å²) >= 11 is 0. The number of aliphatic carboxylic acids is 1. The van der Waals surface area contributed by atoms with Crippen LogP contribution in [0.1, 0.15) is 44.9 Å². The van der Waals surface area contributed by atoms with E-state index < -0.39 is 5.97 Å². The SMILES string of the molecule is O=C(O)CCC1CCN(C2CCCOCC2)CC1. The second-order valence-electron chi connectivity index (χ2n) is 5.61. The number of rotatable bonds is 4. The third-order valence-corrected chi connectivity index (χ3v) is 4.35. The van der Waals surface area contributed by atoms with E-state index in [0.717, 1.165) is 32.7 Å². The summed E-state index contributed by atoms with van der Waals surface area (Å²) in [6.07, 6.45) is 7.15. The standard InChI is InChI=1S/C14H25NO3/c16-14(17)4-3-12-5-8-15(9-6-12)13-2-1-10-18-11-7-13/h12-13H,1-11H2,(H,16,17). The van der Waals surface area contributed by atoms with E-state index >= 15 is 0 Å². The van der Waals surface area contributed by atoms with Crippen LogP contribution in [0.25, 0.3) is 0 Å². The van der Waals surface area contributed by atoms with Gasteiger partial charge in [-0.05, 0) is 57.5 Å². The lowest BCUT2D eigenvalue weighted by Crippen LogP contribution is -2.41. The second kappa shape index (κ2) is 7.10. The van der Waals surface area contributed by atoms with Crippen LogP contribution in [-0.2, 0) is 9.53 Å². The maximum absolute atomic E-state index is 10.6. The fourth-order valence-electron chi connectivity index (χ4n) is 3.19. The molecular formula is C14H25NO3. The van der Waals surface area contributed by atoms with Gasteiger partial charge in [0.2, 0.25) is 0 Å². The van der Waals surface area contributed by atoms with E-state index in [1.807, 2.05) is 0 Å². The molecule has 2 fully saturated rings. The van der Waals surface area contributed by atoms with Crippen molar-refractivity contribution in [1.29, 1.82) is 0 Å². The highest BCUT2D eigenvalue weighted by molar-refractivity contribution is 5.66. The van der Waals surface area contributed by atoms with Crippen LogP contribution in [0.2, 0.25) is 0 Å². The van der Waals surface area contributed by atoms with Gasteiger partial charge in [0.25, 0.3) is 0 Å².